The molecule has 1 heterocycles. The second kappa shape index (κ2) is 9.08. The molecule has 1 N–H and O–H groups in total. The second-order valence-electron chi connectivity index (χ2n) is 9.28. The van der Waals surface area contributed by atoms with Crippen LogP contribution in [0.5, 0.6) is 0 Å². The Hall–Kier alpha value is -2.20. The third kappa shape index (κ3) is 5.89. The Balaban J connectivity index is 1.48. The number of rotatable bonds is 5. The predicted octanol–water partition coefficient (Wildman–Crippen LogP) is 5.21. The molecule has 0 aliphatic carbocycles. The summed E-state index contributed by atoms with van der Waals surface area (Å²) in [6.45, 7) is 11.3. The first-order valence-electron chi connectivity index (χ1n) is 10.6. The van der Waals surface area contributed by atoms with Crippen molar-refractivity contribution in [3.63, 3.8) is 0 Å². The Kier molecular flexibility index (Phi) is 6.74. The lowest BCUT2D eigenvalue weighted by molar-refractivity contribution is -0.127. The van der Waals surface area contributed by atoms with Crippen LogP contribution in [0.1, 0.15) is 63.3 Å². The first-order valence-corrected chi connectivity index (χ1v) is 10.6. The monoisotopic (exact) mass is 396 g/mol. The molecule has 0 spiro atoms. The van der Waals surface area contributed by atoms with Gasteiger partial charge < -0.3 is 5.32 Å². The molecule has 1 aliphatic heterocycles. The molecule has 3 rings (SSSR count). The van der Waals surface area contributed by atoms with Gasteiger partial charge in [-0.1, -0.05) is 57.2 Å². The van der Waals surface area contributed by atoms with E-state index in [0.29, 0.717) is 0 Å². The van der Waals surface area contributed by atoms with Crippen LogP contribution in [-0.4, -0.2) is 23.9 Å². The van der Waals surface area contributed by atoms with Crippen LogP contribution < -0.4 is 5.32 Å². The van der Waals surface area contributed by atoms with Crippen molar-refractivity contribution >= 4 is 5.91 Å². The molecule has 1 fully saturated rings. The maximum Gasteiger partial charge on any atom is 0.223 e. The lowest BCUT2D eigenvalue weighted by Crippen LogP contribution is -2.40. The summed E-state index contributed by atoms with van der Waals surface area (Å²) in [5.41, 5.74) is 3.68. The van der Waals surface area contributed by atoms with E-state index in [1.807, 2.05) is 19.1 Å². The van der Waals surface area contributed by atoms with Crippen LogP contribution in [0.2, 0.25) is 0 Å². The highest BCUT2D eigenvalue weighted by atomic mass is 19.1. The van der Waals surface area contributed by atoms with Gasteiger partial charge in [-0.2, -0.15) is 0 Å². The molecule has 0 radical (unpaired) electrons. The lowest BCUT2D eigenvalue weighted by atomic mass is 9.86. The topological polar surface area (TPSA) is 32.3 Å². The molecule has 0 saturated carbocycles. The minimum absolute atomic E-state index is 0.00811. The van der Waals surface area contributed by atoms with Crippen molar-refractivity contribution in [2.45, 2.75) is 58.5 Å². The molecule has 2 aromatic carbocycles. The van der Waals surface area contributed by atoms with E-state index in [4.69, 9.17) is 0 Å². The van der Waals surface area contributed by atoms with E-state index < -0.39 is 0 Å². The predicted molar refractivity (Wildman–Crippen MR) is 116 cm³/mol. The summed E-state index contributed by atoms with van der Waals surface area (Å²) in [6.07, 6.45) is 1.73. The molecule has 156 valence electrons. The first-order chi connectivity index (χ1) is 13.7. The average molecular weight is 397 g/mol. The Morgan fingerprint density at radius 3 is 2.21 bits per heavy atom. The fraction of sp³-hybridized carbons (Fsp3) is 0.480. The fourth-order valence-electron chi connectivity index (χ4n) is 3.89. The Morgan fingerprint density at radius 2 is 1.66 bits per heavy atom. The molecule has 1 amide bonds. The van der Waals surface area contributed by atoms with Crippen LogP contribution in [0, 0.1) is 11.7 Å². The summed E-state index contributed by atoms with van der Waals surface area (Å²) in [4.78, 5) is 15.1. The number of hydrogen-bond acceptors (Lipinski definition) is 2. The zero-order valence-electron chi connectivity index (χ0n) is 18.0. The van der Waals surface area contributed by atoms with Gasteiger partial charge in [0.15, 0.2) is 0 Å². The van der Waals surface area contributed by atoms with E-state index >= 15 is 0 Å². The first kappa shape index (κ1) is 21.5. The second-order valence-corrected chi connectivity index (χ2v) is 9.28. The minimum Gasteiger partial charge on any atom is -0.349 e. The highest BCUT2D eigenvalue weighted by molar-refractivity contribution is 5.79. The summed E-state index contributed by atoms with van der Waals surface area (Å²) in [6, 6.07) is 15.2. The number of carbonyl (C=O) groups excluding carboxylic acids is 1. The maximum absolute atomic E-state index is 13.0. The van der Waals surface area contributed by atoms with Crippen molar-refractivity contribution in [1.29, 1.82) is 0 Å². The summed E-state index contributed by atoms with van der Waals surface area (Å²) in [5.74, 6) is 0.0147. The largest absolute Gasteiger partial charge is 0.349 e. The number of piperidine rings is 1. The molecule has 0 aromatic heterocycles. The molecule has 2 aromatic rings. The lowest BCUT2D eigenvalue weighted by Gasteiger charge is -2.32. The molecule has 1 atom stereocenters. The Morgan fingerprint density at radius 1 is 1.07 bits per heavy atom. The van der Waals surface area contributed by atoms with Gasteiger partial charge in [-0.3, -0.25) is 9.69 Å². The summed E-state index contributed by atoms with van der Waals surface area (Å²) >= 11 is 0. The standard InChI is InChI=1S/C25H33FN2O/c1-18(20-7-9-22(10-8-20)25(2,3)4)27-24(29)21-13-15-28(16-14-21)17-19-5-11-23(26)12-6-19/h5-12,18,21H,13-17H2,1-4H3,(H,27,29)/t18-/m1/s1. The number of likely N-dealkylation sites (tertiary alicyclic amines) is 1. The quantitative estimate of drug-likeness (QED) is 0.752. The van der Waals surface area contributed by atoms with Gasteiger partial charge in [-0.05, 0) is 67.1 Å². The van der Waals surface area contributed by atoms with Crippen LogP contribution in [0.25, 0.3) is 0 Å². The molecule has 4 heteroatoms. The number of hydrogen-bond donors (Lipinski definition) is 1. The van der Waals surface area contributed by atoms with Gasteiger partial charge in [0.25, 0.3) is 0 Å². The third-order valence-electron chi connectivity index (χ3n) is 5.91. The zero-order chi connectivity index (χ0) is 21.0. The molecule has 0 bridgehead atoms. The van der Waals surface area contributed by atoms with Crippen LogP contribution in [0.15, 0.2) is 48.5 Å². The number of amides is 1. The van der Waals surface area contributed by atoms with Crippen LogP contribution in [0.4, 0.5) is 4.39 Å². The number of nitrogens with zero attached hydrogens (tertiary/aromatic N) is 1. The number of benzene rings is 2. The summed E-state index contributed by atoms with van der Waals surface area (Å²) in [7, 11) is 0. The van der Waals surface area contributed by atoms with Gasteiger partial charge in [0.05, 0.1) is 6.04 Å². The molecule has 3 nitrogen and oxygen atoms in total. The van der Waals surface area contributed by atoms with Gasteiger partial charge in [0, 0.05) is 12.5 Å². The van der Waals surface area contributed by atoms with E-state index in [2.05, 4.69) is 55.3 Å². The van der Waals surface area contributed by atoms with E-state index in [1.165, 1.54) is 17.7 Å². The van der Waals surface area contributed by atoms with Crippen molar-refractivity contribution < 1.29 is 9.18 Å². The van der Waals surface area contributed by atoms with E-state index in [-0.39, 0.29) is 29.1 Å². The van der Waals surface area contributed by atoms with E-state index in [0.717, 1.165) is 43.6 Å². The normalized spacial score (nSPS) is 17.1. The Labute approximate surface area is 174 Å². The molecule has 1 saturated heterocycles. The van der Waals surface area contributed by atoms with Crippen molar-refractivity contribution in [2.24, 2.45) is 5.92 Å². The number of nitrogens with one attached hydrogen (secondary N) is 1. The van der Waals surface area contributed by atoms with Crippen LogP contribution >= 0.6 is 0 Å². The maximum atomic E-state index is 13.0. The molecule has 0 unspecified atom stereocenters. The van der Waals surface area contributed by atoms with Crippen molar-refractivity contribution in [3.8, 4) is 0 Å². The number of carbonyl (C=O) groups is 1. The summed E-state index contributed by atoms with van der Waals surface area (Å²) < 4.78 is 13.0. The molecule has 29 heavy (non-hydrogen) atoms. The van der Waals surface area contributed by atoms with Crippen molar-refractivity contribution in [3.05, 3.63) is 71.0 Å². The van der Waals surface area contributed by atoms with Gasteiger partial charge in [-0.25, -0.2) is 4.39 Å². The third-order valence-corrected chi connectivity index (χ3v) is 5.91. The van der Waals surface area contributed by atoms with Crippen LogP contribution in [0.3, 0.4) is 0 Å². The van der Waals surface area contributed by atoms with Gasteiger partial charge in [-0.15, -0.1) is 0 Å². The minimum atomic E-state index is -0.203. The smallest absolute Gasteiger partial charge is 0.223 e. The molecular weight excluding hydrogens is 363 g/mol. The molecular formula is C25H33FN2O. The Bertz CT molecular complexity index is 800. The summed E-state index contributed by atoms with van der Waals surface area (Å²) in [5, 5.41) is 3.20. The van der Waals surface area contributed by atoms with Crippen LogP contribution in [-0.2, 0) is 16.8 Å². The highest BCUT2D eigenvalue weighted by Gasteiger charge is 2.26. The average Bonchev–Trinajstić information content (AvgIpc) is 2.69. The van der Waals surface area contributed by atoms with Crippen molar-refractivity contribution in [2.75, 3.05) is 13.1 Å². The fourth-order valence-corrected chi connectivity index (χ4v) is 3.89. The number of halogens is 1. The van der Waals surface area contributed by atoms with E-state index in [1.54, 1.807) is 0 Å². The zero-order valence-corrected chi connectivity index (χ0v) is 18.0. The van der Waals surface area contributed by atoms with Gasteiger partial charge in [0.2, 0.25) is 5.91 Å². The van der Waals surface area contributed by atoms with Gasteiger partial charge >= 0.3 is 0 Å². The highest BCUT2D eigenvalue weighted by Crippen LogP contribution is 2.25. The molecule has 1 aliphatic rings. The van der Waals surface area contributed by atoms with Gasteiger partial charge in [0.1, 0.15) is 5.82 Å². The SMILES string of the molecule is C[C@@H](NC(=O)C1CCN(Cc2ccc(F)cc2)CC1)c1ccc(C(C)(C)C)cc1. The van der Waals surface area contributed by atoms with Crippen molar-refractivity contribution in [1.82, 2.24) is 10.2 Å². The van der Waals surface area contributed by atoms with E-state index in [9.17, 15) is 9.18 Å².